The lowest BCUT2D eigenvalue weighted by molar-refractivity contribution is -0.159. The summed E-state index contributed by atoms with van der Waals surface area (Å²) >= 11 is 0. The normalized spacial score (nSPS) is 23.9. The summed E-state index contributed by atoms with van der Waals surface area (Å²) in [6, 6.07) is 0. The number of hydrogen-bond acceptors (Lipinski definition) is 4. The largest absolute Gasteiger partial charge is 0.369 e. The first-order valence-electron chi connectivity index (χ1n) is 6.52. The highest BCUT2D eigenvalue weighted by molar-refractivity contribution is 5.76. The van der Waals surface area contributed by atoms with E-state index in [2.05, 4.69) is 25.7 Å². The molecule has 106 valence electrons. The molecule has 1 saturated heterocycles. The molecule has 1 aliphatic rings. The molecule has 1 unspecified atom stereocenters. The number of hydrogen-bond donors (Lipinski definition) is 0. The zero-order valence-electron chi connectivity index (χ0n) is 12.2. The van der Waals surface area contributed by atoms with Gasteiger partial charge in [0.05, 0.1) is 18.3 Å². The van der Waals surface area contributed by atoms with Gasteiger partial charge in [0, 0.05) is 27.2 Å². The zero-order chi connectivity index (χ0) is 13.8. The molecule has 5 heteroatoms. The molecular formula is C13H26N2O3. The molecule has 5 nitrogen and oxygen atoms in total. The van der Waals surface area contributed by atoms with Crippen LogP contribution in [0.25, 0.3) is 0 Å². The number of rotatable bonds is 5. The van der Waals surface area contributed by atoms with Gasteiger partial charge in [-0.15, -0.1) is 0 Å². The van der Waals surface area contributed by atoms with Crippen molar-refractivity contribution < 1.29 is 14.3 Å². The van der Waals surface area contributed by atoms with Gasteiger partial charge < -0.3 is 14.4 Å². The van der Waals surface area contributed by atoms with Gasteiger partial charge in [-0.25, -0.2) is 0 Å². The van der Waals surface area contributed by atoms with Gasteiger partial charge in [-0.3, -0.25) is 9.69 Å². The Morgan fingerprint density at radius 3 is 2.72 bits per heavy atom. The first kappa shape index (κ1) is 15.4. The molecule has 1 heterocycles. The van der Waals surface area contributed by atoms with Gasteiger partial charge in [0.25, 0.3) is 0 Å². The van der Waals surface area contributed by atoms with Crippen molar-refractivity contribution in [3.05, 3.63) is 0 Å². The van der Waals surface area contributed by atoms with Crippen LogP contribution in [0, 0.1) is 0 Å². The summed E-state index contributed by atoms with van der Waals surface area (Å²) in [4.78, 5) is 15.3. The van der Waals surface area contributed by atoms with E-state index in [0.29, 0.717) is 6.61 Å². The third kappa shape index (κ3) is 4.92. The summed E-state index contributed by atoms with van der Waals surface area (Å²) in [5.41, 5.74) is -0.145. The van der Waals surface area contributed by atoms with Crippen LogP contribution in [0.5, 0.6) is 0 Å². The number of carbonyl (C=O) groups is 1. The predicted octanol–water partition coefficient (Wildman–Crippen LogP) is 0.591. The van der Waals surface area contributed by atoms with Crippen LogP contribution >= 0.6 is 0 Å². The second kappa shape index (κ2) is 6.50. The Labute approximate surface area is 110 Å². The molecule has 0 aromatic heterocycles. The van der Waals surface area contributed by atoms with E-state index in [1.54, 1.807) is 14.1 Å². The van der Waals surface area contributed by atoms with E-state index in [1.807, 2.05) is 0 Å². The van der Waals surface area contributed by atoms with Gasteiger partial charge >= 0.3 is 0 Å². The number of amides is 1. The van der Waals surface area contributed by atoms with E-state index in [9.17, 15) is 4.79 Å². The smallest absolute Gasteiger partial charge is 0.248 e. The van der Waals surface area contributed by atoms with E-state index in [1.165, 1.54) is 4.90 Å². The summed E-state index contributed by atoms with van der Waals surface area (Å²) in [5, 5.41) is 0. The maximum Gasteiger partial charge on any atom is 0.248 e. The van der Waals surface area contributed by atoms with Crippen molar-refractivity contribution in [2.75, 3.05) is 46.9 Å². The highest BCUT2D eigenvalue weighted by atomic mass is 16.5. The fourth-order valence-corrected chi connectivity index (χ4v) is 2.15. The molecule has 0 aliphatic carbocycles. The molecular weight excluding hydrogens is 232 g/mol. The molecule has 0 aromatic carbocycles. The lowest BCUT2D eigenvalue weighted by Gasteiger charge is -2.42. The average Bonchev–Trinajstić information content (AvgIpc) is 2.26. The van der Waals surface area contributed by atoms with Crippen LogP contribution in [0.4, 0.5) is 0 Å². The number of ether oxygens (including phenoxy) is 2. The van der Waals surface area contributed by atoms with Gasteiger partial charge in [-0.1, -0.05) is 6.92 Å². The molecule has 1 amide bonds. The molecule has 18 heavy (non-hydrogen) atoms. The Balaban J connectivity index is 2.35. The van der Waals surface area contributed by atoms with Crippen LogP contribution in [0.3, 0.4) is 0 Å². The van der Waals surface area contributed by atoms with Crippen molar-refractivity contribution in [1.82, 2.24) is 9.80 Å². The minimum Gasteiger partial charge on any atom is -0.369 e. The van der Waals surface area contributed by atoms with Crippen LogP contribution in [-0.4, -0.2) is 74.4 Å². The van der Waals surface area contributed by atoms with Crippen LogP contribution in [-0.2, 0) is 14.3 Å². The molecule has 1 rings (SSSR count). The maximum atomic E-state index is 11.4. The summed E-state index contributed by atoms with van der Waals surface area (Å²) in [6.07, 6.45) is 0.0451. The van der Waals surface area contributed by atoms with E-state index in [4.69, 9.17) is 9.47 Å². The third-order valence-electron chi connectivity index (χ3n) is 3.03. The van der Waals surface area contributed by atoms with E-state index >= 15 is 0 Å². The van der Waals surface area contributed by atoms with Crippen molar-refractivity contribution in [2.24, 2.45) is 0 Å². The van der Waals surface area contributed by atoms with Crippen LogP contribution in [0.1, 0.15) is 20.8 Å². The maximum absolute atomic E-state index is 11.4. The highest BCUT2D eigenvalue weighted by Gasteiger charge is 2.32. The zero-order valence-corrected chi connectivity index (χ0v) is 12.2. The van der Waals surface area contributed by atoms with Crippen molar-refractivity contribution in [3.63, 3.8) is 0 Å². The highest BCUT2D eigenvalue weighted by Crippen LogP contribution is 2.20. The van der Waals surface area contributed by atoms with Crippen LogP contribution < -0.4 is 0 Å². The summed E-state index contributed by atoms with van der Waals surface area (Å²) in [6.45, 7) is 9.75. The number of carbonyl (C=O) groups excluding carboxylic acids is 1. The van der Waals surface area contributed by atoms with Gasteiger partial charge in [-0.2, -0.15) is 0 Å². The van der Waals surface area contributed by atoms with Crippen molar-refractivity contribution >= 4 is 5.91 Å². The predicted molar refractivity (Wildman–Crippen MR) is 70.6 cm³/mol. The standard InChI is InChI=1S/C13H26N2O3/c1-6-15-7-11(18-13(2,3)10-15)8-17-9-12(16)14(4)5/h11H,6-10H2,1-5H3. The quantitative estimate of drug-likeness (QED) is 0.724. The second-order valence-corrected chi connectivity index (χ2v) is 5.63. The van der Waals surface area contributed by atoms with E-state index in [-0.39, 0.29) is 24.2 Å². The fourth-order valence-electron chi connectivity index (χ4n) is 2.15. The summed E-state index contributed by atoms with van der Waals surface area (Å²) < 4.78 is 11.4. The van der Waals surface area contributed by atoms with Crippen molar-refractivity contribution in [3.8, 4) is 0 Å². The Morgan fingerprint density at radius 2 is 2.17 bits per heavy atom. The molecule has 0 saturated carbocycles. The Hall–Kier alpha value is -0.650. The molecule has 0 N–H and O–H groups in total. The molecule has 1 aliphatic heterocycles. The van der Waals surface area contributed by atoms with Gasteiger partial charge in [0.2, 0.25) is 5.91 Å². The number of likely N-dealkylation sites (N-methyl/N-ethyl adjacent to an activating group) is 2. The molecule has 0 aromatic rings. The van der Waals surface area contributed by atoms with Gasteiger partial charge in [0.1, 0.15) is 6.61 Å². The monoisotopic (exact) mass is 258 g/mol. The SMILES string of the molecule is CCN1CC(COCC(=O)N(C)C)OC(C)(C)C1. The molecule has 1 fully saturated rings. The first-order chi connectivity index (χ1) is 8.34. The summed E-state index contributed by atoms with van der Waals surface area (Å²) in [5.74, 6) is -0.0163. The van der Waals surface area contributed by atoms with E-state index in [0.717, 1.165) is 19.6 Å². The lowest BCUT2D eigenvalue weighted by atomic mass is 10.1. The van der Waals surface area contributed by atoms with Gasteiger partial charge in [-0.05, 0) is 20.4 Å². The van der Waals surface area contributed by atoms with Crippen molar-refractivity contribution in [2.45, 2.75) is 32.5 Å². The Morgan fingerprint density at radius 1 is 1.50 bits per heavy atom. The topological polar surface area (TPSA) is 42.0 Å². The van der Waals surface area contributed by atoms with Crippen LogP contribution in [0.15, 0.2) is 0 Å². The molecule has 0 spiro atoms. The van der Waals surface area contributed by atoms with Crippen molar-refractivity contribution in [1.29, 1.82) is 0 Å². The fraction of sp³-hybridized carbons (Fsp3) is 0.923. The first-order valence-corrected chi connectivity index (χ1v) is 6.52. The number of morpholine rings is 1. The molecule has 0 bridgehead atoms. The minimum absolute atomic E-state index is 0.0163. The average molecular weight is 258 g/mol. The number of nitrogens with zero attached hydrogens (tertiary/aromatic N) is 2. The van der Waals surface area contributed by atoms with E-state index < -0.39 is 0 Å². The lowest BCUT2D eigenvalue weighted by Crippen LogP contribution is -2.53. The minimum atomic E-state index is -0.145. The van der Waals surface area contributed by atoms with Gasteiger partial charge in [0.15, 0.2) is 0 Å². The molecule has 1 atom stereocenters. The molecule has 0 radical (unpaired) electrons. The Kier molecular flexibility index (Phi) is 5.56. The Bertz CT molecular complexity index is 279. The second-order valence-electron chi connectivity index (χ2n) is 5.63. The third-order valence-corrected chi connectivity index (χ3v) is 3.03. The summed E-state index contributed by atoms with van der Waals surface area (Å²) in [7, 11) is 3.45. The van der Waals surface area contributed by atoms with Crippen LogP contribution in [0.2, 0.25) is 0 Å².